The van der Waals surface area contributed by atoms with Gasteiger partial charge < -0.3 is 5.11 Å². The highest BCUT2D eigenvalue weighted by Crippen LogP contribution is 2.04. The van der Waals surface area contributed by atoms with E-state index >= 15 is 0 Å². The molecule has 0 amide bonds. The van der Waals surface area contributed by atoms with E-state index in [4.69, 9.17) is 0 Å². The van der Waals surface area contributed by atoms with Crippen LogP contribution in [0.3, 0.4) is 0 Å². The van der Waals surface area contributed by atoms with Crippen molar-refractivity contribution in [2.24, 2.45) is 0 Å². The maximum absolute atomic E-state index is 9.57. The number of hydrogen-bond donors (Lipinski definition) is 1. The summed E-state index contributed by atoms with van der Waals surface area (Å²) in [6.45, 7) is 2.14. The molecule has 0 aliphatic rings. The van der Waals surface area contributed by atoms with E-state index < -0.39 is 0 Å². The lowest BCUT2D eigenvalue weighted by atomic mass is 10.1. The fourth-order valence-electron chi connectivity index (χ4n) is 1.48. The number of hydrogen-bond acceptors (Lipinski definition) is 1. The lowest BCUT2D eigenvalue weighted by Crippen LogP contribution is -2.01. The van der Waals surface area contributed by atoms with Crippen molar-refractivity contribution < 1.29 is 5.11 Å². The Morgan fingerprint density at radius 1 is 1.27 bits per heavy atom. The fourth-order valence-corrected chi connectivity index (χ4v) is 1.48. The van der Waals surface area contributed by atoms with Crippen molar-refractivity contribution in [2.45, 2.75) is 38.7 Å². The molecule has 0 heterocycles. The van der Waals surface area contributed by atoms with Gasteiger partial charge in [-0.1, -0.05) is 62.2 Å². The molecule has 0 saturated heterocycles. The third-order valence-electron chi connectivity index (χ3n) is 2.41. The molecule has 1 aromatic carbocycles. The lowest BCUT2D eigenvalue weighted by Gasteiger charge is -2.03. The van der Waals surface area contributed by atoms with Gasteiger partial charge in [0.05, 0.1) is 6.10 Å². The SMILES string of the molecule is CCCCC(O)C=CCc1ccccc1. The Morgan fingerprint density at radius 3 is 2.67 bits per heavy atom. The number of allylic oxidation sites excluding steroid dienone is 1. The third-order valence-corrected chi connectivity index (χ3v) is 2.41. The van der Waals surface area contributed by atoms with E-state index in [1.807, 2.05) is 24.3 Å². The molecule has 1 atom stereocenters. The lowest BCUT2D eigenvalue weighted by molar-refractivity contribution is 0.209. The summed E-state index contributed by atoms with van der Waals surface area (Å²) in [5.41, 5.74) is 1.29. The Balaban J connectivity index is 2.27. The molecule has 1 nitrogen and oxygen atoms in total. The number of benzene rings is 1. The zero-order valence-electron chi connectivity index (χ0n) is 9.39. The molecule has 1 unspecified atom stereocenters. The monoisotopic (exact) mass is 204 g/mol. The van der Waals surface area contributed by atoms with Crippen LogP contribution in [0.4, 0.5) is 0 Å². The first-order chi connectivity index (χ1) is 7.33. The van der Waals surface area contributed by atoms with Crippen LogP contribution in [0.5, 0.6) is 0 Å². The molecule has 0 aromatic heterocycles. The van der Waals surface area contributed by atoms with Crippen molar-refractivity contribution >= 4 is 0 Å². The van der Waals surface area contributed by atoms with Crippen LogP contribution in [-0.2, 0) is 6.42 Å². The summed E-state index contributed by atoms with van der Waals surface area (Å²) in [6, 6.07) is 10.3. The van der Waals surface area contributed by atoms with E-state index in [1.54, 1.807) is 0 Å². The summed E-state index contributed by atoms with van der Waals surface area (Å²) in [6.07, 6.45) is 7.71. The van der Waals surface area contributed by atoms with Crippen LogP contribution in [0.1, 0.15) is 31.7 Å². The van der Waals surface area contributed by atoms with Gasteiger partial charge in [-0.3, -0.25) is 0 Å². The van der Waals surface area contributed by atoms with E-state index in [0.29, 0.717) is 0 Å². The second kappa shape index (κ2) is 7.24. The van der Waals surface area contributed by atoms with Crippen LogP contribution in [0.25, 0.3) is 0 Å². The van der Waals surface area contributed by atoms with Gasteiger partial charge in [0.1, 0.15) is 0 Å². The largest absolute Gasteiger partial charge is 0.389 e. The molecular formula is C14H20O. The Bertz CT molecular complexity index is 277. The van der Waals surface area contributed by atoms with E-state index in [1.165, 1.54) is 5.56 Å². The molecule has 1 rings (SSSR count). The van der Waals surface area contributed by atoms with Gasteiger partial charge in [-0.2, -0.15) is 0 Å². The van der Waals surface area contributed by atoms with Crippen molar-refractivity contribution in [3.8, 4) is 0 Å². The van der Waals surface area contributed by atoms with E-state index in [2.05, 4.69) is 25.1 Å². The minimum Gasteiger partial charge on any atom is -0.389 e. The second-order valence-corrected chi connectivity index (χ2v) is 3.83. The van der Waals surface area contributed by atoms with Crippen molar-refractivity contribution in [3.05, 3.63) is 48.0 Å². The Labute approximate surface area is 92.5 Å². The third kappa shape index (κ3) is 5.38. The maximum atomic E-state index is 9.57. The molecule has 1 heteroatoms. The molecule has 0 aliphatic heterocycles. The molecule has 0 radical (unpaired) electrons. The minimum absolute atomic E-state index is 0.270. The molecule has 0 bridgehead atoms. The van der Waals surface area contributed by atoms with Crippen molar-refractivity contribution in [3.63, 3.8) is 0 Å². The van der Waals surface area contributed by atoms with Crippen LogP contribution in [0.15, 0.2) is 42.5 Å². The van der Waals surface area contributed by atoms with E-state index in [0.717, 1.165) is 25.7 Å². The van der Waals surface area contributed by atoms with Crippen LogP contribution >= 0.6 is 0 Å². The van der Waals surface area contributed by atoms with Gasteiger partial charge in [0, 0.05) is 0 Å². The number of aliphatic hydroxyl groups is 1. The van der Waals surface area contributed by atoms with Gasteiger partial charge in [0.2, 0.25) is 0 Å². The van der Waals surface area contributed by atoms with Gasteiger partial charge in [-0.15, -0.1) is 0 Å². The molecule has 1 aromatic rings. The normalized spacial score (nSPS) is 13.2. The van der Waals surface area contributed by atoms with Crippen LogP contribution in [0.2, 0.25) is 0 Å². The summed E-state index contributed by atoms with van der Waals surface area (Å²) >= 11 is 0. The fraction of sp³-hybridized carbons (Fsp3) is 0.429. The Kier molecular flexibility index (Phi) is 5.79. The van der Waals surface area contributed by atoms with E-state index in [9.17, 15) is 5.11 Å². The number of rotatable bonds is 6. The summed E-state index contributed by atoms with van der Waals surface area (Å²) in [5, 5.41) is 9.57. The Morgan fingerprint density at radius 2 is 2.00 bits per heavy atom. The second-order valence-electron chi connectivity index (χ2n) is 3.83. The molecule has 0 fully saturated rings. The first-order valence-electron chi connectivity index (χ1n) is 5.71. The summed E-state index contributed by atoms with van der Waals surface area (Å²) < 4.78 is 0. The molecule has 15 heavy (non-hydrogen) atoms. The number of aliphatic hydroxyl groups excluding tert-OH is 1. The molecule has 1 N–H and O–H groups in total. The maximum Gasteiger partial charge on any atom is 0.0721 e. The topological polar surface area (TPSA) is 20.2 Å². The zero-order chi connectivity index (χ0) is 10.9. The quantitative estimate of drug-likeness (QED) is 0.705. The van der Waals surface area contributed by atoms with Crippen LogP contribution in [0, 0.1) is 0 Å². The average Bonchev–Trinajstić information content (AvgIpc) is 2.28. The van der Waals surface area contributed by atoms with Gasteiger partial charge in [0.25, 0.3) is 0 Å². The van der Waals surface area contributed by atoms with Crippen LogP contribution in [-0.4, -0.2) is 11.2 Å². The molecule has 0 saturated carbocycles. The molecular weight excluding hydrogens is 184 g/mol. The molecule has 82 valence electrons. The smallest absolute Gasteiger partial charge is 0.0721 e. The van der Waals surface area contributed by atoms with Gasteiger partial charge in [0.15, 0.2) is 0 Å². The highest BCUT2D eigenvalue weighted by molar-refractivity contribution is 5.17. The van der Waals surface area contributed by atoms with E-state index in [-0.39, 0.29) is 6.10 Å². The molecule has 0 spiro atoms. The molecule has 0 aliphatic carbocycles. The predicted octanol–water partition coefficient (Wildman–Crippen LogP) is 3.34. The summed E-state index contributed by atoms with van der Waals surface area (Å²) in [5.74, 6) is 0. The first kappa shape index (κ1) is 12.0. The van der Waals surface area contributed by atoms with Gasteiger partial charge >= 0.3 is 0 Å². The standard InChI is InChI=1S/C14H20O/c1-2-3-11-14(15)12-7-10-13-8-5-4-6-9-13/h4-9,12,14-15H,2-3,10-11H2,1H3. The minimum atomic E-state index is -0.270. The Hall–Kier alpha value is -1.08. The average molecular weight is 204 g/mol. The van der Waals surface area contributed by atoms with Crippen molar-refractivity contribution in [2.75, 3.05) is 0 Å². The van der Waals surface area contributed by atoms with Gasteiger partial charge in [-0.05, 0) is 18.4 Å². The predicted molar refractivity (Wildman–Crippen MR) is 64.8 cm³/mol. The first-order valence-corrected chi connectivity index (χ1v) is 5.71. The van der Waals surface area contributed by atoms with Crippen LogP contribution < -0.4 is 0 Å². The van der Waals surface area contributed by atoms with Crippen molar-refractivity contribution in [1.29, 1.82) is 0 Å². The summed E-state index contributed by atoms with van der Waals surface area (Å²) in [7, 11) is 0. The zero-order valence-corrected chi connectivity index (χ0v) is 9.39. The summed E-state index contributed by atoms with van der Waals surface area (Å²) in [4.78, 5) is 0. The number of unbranched alkanes of at least 4 members (excludes halogenated alkanes) is 1. The van der Waals surface area contributed by atoms with Gasteiger partial charge in [-0.25, -0.2) is 0 Å². The van der Waals surface area contributed by atoms with Crippen molar-refractivity contribution in [1.82, 2.24) is 0 Å². The highest BCUT2D eigenvalue weighted by Gasteiger charge is 1.96. The highest BCUT2D eigenvalue weighted by atomic mass is 16.3.